The van der Waals surface area contributed by atoms with Crippen molar-refractivity contribution in [1.29, 1.82) is 0 Å². The number of carbonyl (C=O) groups is 4. The monoisotopic (exact) mass is 533 g/mol. The minimum Gasteiger partial charge on any atom is -0.459 e. The molecule has 0 spiro atoms. The summed E-state index contributed by atoms with van der Waals surface area (Å²) in [4.78, 5) is 53.2. The number of nitrogens with one attached hydrogen (secondary N) is 1. The van der Waals surface area contributed by atoms with Crippen molar-refractivity contribution in [2.45, 2.75) is 112 Å². The Morgan fingerprint density at radius 1 is 0.868 bits per heavy atom. The van der Waals surface area contributed by atoms with E-state index in [9.17, 15) is 19.2 Å². The molecular formula is C29H47N3O6. The van der Waals surface area contributed by atoms with Gasteiger partial charge in [0, 0.05) is 12.8 Å². The van der Waals surface area contributed by atoms with Gasteiger partial charge in [0.05, 0.1) is 0 Å². The molecule has 0 aliphatic heterocycles. The van der Waals surface area contributed by atoms with Crippen LogP contribution < -0.4 is 5.43 Å². The molecule has 0 heterocycles. The van der Waals surface area contributed by atoms with Crippen LogP contribution in [-0.2, 0) is 30.5 Å². The van der Waals surface area contributed by atoms with Crippen LogP contribution in [-0.4, -0.2) is 45.6 Å². The Morgan fingerprint density at radius 3 is 2.00 bits per heavy atom. The summed E-state index contributed by atoms with van der Waals surface area (Å²) in [6, 6.07) is 8.11. The first-order valence-electron chi connectivity index (χ1n) is 13.6. The van der Waals surface area contributed by atoms with E-state index in [1.807, 2.05) is 65.0 Å². The van der Waals surface area contributed by atoms with Crippen LogP contribution in [0.3, 0.4) is 0 Å². The lowest BCUT2D eigenvalue weighted by Gasteiger charge is -2.39. The number of carbonyl (C=O) groups excluding carboxylic acids is 4. The van der Waals surface area contributed by atoms with Crippen molar-refractivity contribution in [3.8, 4) is 0 Å². The maximum Gasteiger partial charge on any atom is 0.428 e. The maximum atomic E-state index is 13.5. The van der Waals surface area contributed by atoms with E-state index in [-0.39, 0.29) is 37.7 Å². The molecule has 0 radical (unpaired) electrons. The fraction of sp³-hybridized carbons (Fsp3) is 0.655. The van der Waals surface area contributed by atoms with Crippen molar-refractivity contribution in [2.75, 3.05) is 0 Å². The number of benzene rings is 1. The molecule has 0 unspecified atom stereocenters. The molecule has 0 saturated heterocycles. The Hall–Kier alpha value is -3.10. The van der Waals surface area contributed by atoms with Gasteiger partial charge >= 0.3 is 12.1 Å². The quantitative estimate of drug-likeness (QED) is 0.270. The standard InChI is InChI=1S/C29H47N3O6/c1-9-13-25(33)31(32(26(34)19-17-22(4)5)30-28(36)38-29(6,7)8)24(18-16-21(2)3)27(35)37-20-23-14-11-10-12-15-23/h10-12,14-15,21-22,24H,9,13,16-20H2,1-8H3,(H,30,36)/t24-/m1/s1. The number of amides is 3. The van der Waals surface area contributed by atoms with Crippen molar-refractivity contribution >= 4 is 23.9 Å². The van der Waals surface area contributed by atoms with Crippen LogP contribution in [0.1, 0.15) is 99.5 Å². The lowest BCUT2D eigenvalue weighted by atomic mass is 10.0. The van der Waals surface area contributed by atoms with Crippen molar-refractivity contribution in [1.82, 2.24) is 15.6 Å². The first kappa shape index (κ1) is 32.9. The van der Waals surface area contributed by atoms with Crippen molar-refractivity contribution in [2.24, 2.45) is 11.8 Å². The number of ether oxygens (including phenoxy) is 2. The molecule has 0 aliphatic carbocycles. The van der Waals surface area contributed by atoms with Gasteiger partial charge in [0.2, 0.25) is 5.91 Å². The van der Waals surface area contributed by atoms with Crippen LogP contribution in [0.2, 0.25) is 0 Å². The van der Waals surface area contributed by atoms with Crippen LogP contribution in [0.4, 0.5) is 4.79 Å². The van der Waals surface area contributed by atoms with Crippen LogP contribution in [0, 0.1) is 11.8 Å². The molecule has 0 fully saturated rings. The average Bonchev–Trinajstić information content (AvgIpc) is 2.82. The normalized spacial score (nSPS) is 12.2. The van der Waals surface area contributed by atoms with E-state index in [1.165, 1.54) is 0 Å². The van der Waals surface area contributed by atoms with Gasteiger partial charge in [0.15, 0.2) is 6.04 Å². The first-order chi connectivity index (χ1) is 17.7. The highest BCUT2D eigenvalue weighted by Gasteiger charge is 2.39. The Labute approximate surface area is 228 Å². The van der Waals surface area contributed by atoms with Gasteiger partial charge in [-0.05, 0) is 63.9 Å². The molecule has 0 aromatic heterocycles. The van der Waals surface area contributed by atoms with Gasteiger partial charge in [0.1, 0.15) is 12.2 Å². The van der Waals surface area contributed by atoms with E-state index in [1.54, 1.807) is 20.8 Å². The first-order valence-corrected chi connectivity index (χ1v) is 13.6. The van der Waals surface area contributed by atoms with E-state index in [0.29, 0.717) is 19.3 Å². The number of hydrazine groups is 2. The van der Waals surface area contributed by atoms with Crippen LogP contribution in [0.15, 0.2) is 30.3 Å². The molecule has 38 heavy (non-hydrogen) atoms. The van der Waals surface area contributed by atoms with Crippen LogP contribution >= 0.6 is 0 Å². The van der Waals surface area contributed by atoms with Gasteiger partial charge < -0.3 is 9.47 Å². The third-order valence-corrected chi connectivity index (χ3v) is 5.51. The van der Waals surface area contributed by atoms with Gasteiger partial charge in [-0.3, -0.25) is 9.59 Å². The molecule has 0 saturated carbocycles. The van der Waals surface area contributed by atoms with Crippen molar-refractivity contribution in [3.05, 3.63) is 35.9 Å². The van der Waals surface area contributed by atoms with Crippen LogP contribution in [0.25, 0.3) is 0 Å². The predicted molar refractivity (Wildman–Crippen MR) is 146 cm³/mol. The molecule has 1 rings (SSSR count). The third-order valence-electron chi connectivity index (χ3n) is 5.51. The molecule has 1 N–H and O–H groups in total. The second kappa shape index (κ2) is 16.0. The minimum atomic E-state index is -1.11. The molecule has 0 bridgehead atoms. The Kier molecular flexibility index (Phi) is 13.9. The van der Waals surface area contributed by atoms with Gasteiger partial charge in [-0.1, -0.05) is 65.0 Å². The maximum absolute atomic E-state index is 13.5. The molecule has 0 aliphatic rings. The second-order valence-electron chi connectivity index (χ2n) is 11.3. The minimum absolute atomic E-state index is 0.0223. The Balaban J connectivity index is 3.44. The highest BCUT2D eigenvalue weighted by Crippen LogP contribution is 2.20. The molecule has 214 valence electrons. The molecule has 1 atom stereocenters. The highest BCUT2D eigenvalue weighted by molar-refractivity contribution is 5.88. The SMILES string of the molecule is CCCC(=O)N([C@H](CCC(C)C)C(=O)OCc1ccccc1)N(NC(=O)OC(C)(C)C)C(=O)CCC(C)C. The average molecular weight is 534 g/mol. The summed E-state index contributed by atoms with van der Waals surface area (Å²) >= 11 is 0. The largest absolute Gasteiger partial charge is 0.459 e. The topological polar surface area (TPSA) is 105 Å². The second-order valence-corrected chi connectivity index (χ2v) is 11.3. The van der Waals surface area contributed by atoms with E-state index in [2.05, 4.69) is 5.43 Å². The van der Waals surface area contributed by atoms with E-state index >= 15 is 0 Å². The van der Waals surface area contributed by atoms with Gasteiger partial charge in [-0.2, -0.15) is 5.12 Å². The molecule has 1 aromatic rings. The lowest BCUT2D eigenvalue weighted by Crippen LogP contribution is -2.63. The Bertz CT molecular complexity index is 895. The number of esters is 1. The summed E-state index contributed by atoms with van der Waals surface area (Å²) in [5.74, 6) is -1.18. The number of hydrogen-bond donors (Lipinski definition) is 1. The molecule has 1 aromatic carbocycles. The summed E-state index contributed by atoms with van der Waals surface area (Å²) in [6.45, 7) is 14.9. The van der Waals surface area contributed by atoms with E-state index in [4.69, 9.17) is 9.47 Å². The zero-order valence-corrected chi connectivity index (χ0v) is 24.4. The fourth-order valence-corrected chi connectivity index (χ4v) is 3.55. The summed E-state index contributed by atoms with van der Waals surface area (Å²) in [5, 5.41) is 1.95. The Morgan fingerprint density at radius 2 is 1.47 bits per heavy atom. The molecular weight excluding hydrogens is 486 g/mol. The summed E-state index contributed by atoms with van der Waals surface area (Å²) < 4.78 is 11.0. The lowest BCUT2D eigenvalue weighted by molar-refractivity contribution is -0.186. The number of nitrogens with zero attached hydrogens (tertiary/aromatic N) is 2. The van der Waals surface area contributed by atoms with E-state index in [0.717, 1.165) is 15.7 Å². The fourth-order valence-electron chi connectivity index (χ4n) is 3.55. The van der Waals surface area contributed by atoms with Crippen molar-refractivity contribution < 1.29 is 28.7 Å². The van der Waals surface area contributed by atoms with Gasteiger partial charge in [-0.15, -0.1) is 0 Å². The highest BCUT2D eigenvalue weighted by atomic mass is 16.6. The third kappa shape index (κ3) is 12.4. The smallest absolute Gasteiger partial charge is 0.428 e. The van der Waals surface area contributed by atoms with Gasteiger partial charge in [0.25, 0.3) is 5.91 Å². The van der Waals surface area contributed by atoms with Crippen LogP contribution in [0.5, 0.6) is 0 Å². The van der Waals surface area contributed by atoms with Crippen molar-refractivity contribution in [3.63, 3.8) is 0 Å². The molecule has 9 nitrogen and oxygen atoms in total. The molecule has 3 amide bonds. The summed E-state index contributed by atoms with van der Waals surface area (Å²) in [5.41, 5.74) is 2.42. The molecule has 9 heteroatoms. The zero-order valence-electron chi connectivity index (χ0n) is 24.4. The number of rotatable bonds is 12. The van der Waals surface area contributed by atoms with Gasteiger partial charge in [-0.25, -0.2) is 20.0 Å². The predicted octanol–water partition coefficient (Wildman–Crippen LogP) is 5.78. The zero-order chi connectivity index (χ0) is 28.9. The van der Waals surface area contributed by atoms with E-state index < -0.39 is 35.5 Å². The summed E-state index contributed by atoms with van der Waals surface area (Å²) in [7, 11) is 0. The number of hydrogen-bond acceptors (Lipinski definition) is 6. The summed E-state index contributed by atoms with van der Waals surface area (Å²) in [6.07, 6.45) is 1.13.